The van der Waals surface area contributed by atoms with E-state index in [9.17, 15) is 9.59 Å². The van der Waals surface area contributed by atoms with Crippen molar-refractivity contribution in [3.8, 4) is 11.3 Å². The molecule has 2 rings (SSSR count). The molecule has 8 heteroatoms. The number of imide groups is 1. The predicted octanol–water partition coefficient (Wildman–Crippen LogP) is 4.34. The third-order valence-corrected chi connectivity index (χ3v) is 3.15. The highest BCUT2D eigenvalue weighted by atomic mass is 16.6. The van der Waals surface area contributed by atoms with Crippen molar-refractivity contribution in [3.05, 3.63) is 30.5 Å². The van der Waals surface area contributed by atoms with E-state index in [0.29, 0.717) is 11.4 Å². The predicted molar refractivity (Wildman–Crippen MR) is 103 cm³/mol. The lowest BCUT2D eigenvalue weighted by Crippen LogP contribution is -2.44. The van der Waals surface area contributed by atoms with Gasteiger partial charge in [0.1, 0.15) is 11.2 Å². The summed E-state index contributed by atoms with van der Waals surface area (Å²) in [4.78, 5) is 33.1. The molecular formula is C19H26N4O4. The van der Waals surface area contributed by atoms with E-state index in [2.05, 4.69) is 9.97 Å². The minimum Gasteiger partial charge on any atom is -0.443 e. The third kappa shape index (κ3) is 5.73. The number of carbonyl (C=O) groups is 2. The number of imidazole rings is 1. The fourth-order valence-electron chi connectivity index (χ4n) is 2.10. The molecule has 0 atom stereocenters. The first-order valence-electron chi connectivity index (χ1n) is 8.53. The molecule has 1 heterocycles. The monoisotopic (exact) mass is 374 g/mol. The summed E-state index contributed by atoms with van der Waals surface area (Å²) in [7, 11) is 0. The van der Waals surface area contributed by atoms with Crippen LogP contribution in [-0.2, 0) is 9.47 Å². The van der Waals surface area contributed by atoms with E-state index in [-0.39, 0.29) is 5.95 Å². The number of H-pyrrole nitrogens is 1. The Hall–Kier alpha value is -3.03. The molecule has 0 fully saturated rings. The van der Waals surface area contributed by atoms with Crippen molar-refractivity contribution in [3.63, 3.8) is 0 Å². The van der Waals surface area contributed by atoms with E-state index in [1.807, 2.05) is 0 Å². The standard InChI is InChI=1S/C19H26N4O4/c1-18(2,3)26-16(24)23(17(25)27-19(4,5)6)15-21-11-14(22-15)12-7-9-13(20)10-8-12/h7-11H,20H2,1-6H3,(H,21,22). The van der Waals surface area contributed by atoms with Gasteiger partial charge in [-0.2, -0.15) is 0 Å². The van der Waals surface area contributed by atoms with Crippen LogP contribution in [0.4, 0.5) is 21.2 Å². The largest absolute Gasteiger partial charge is 0.443 e. The molecule has 2 aromatic rings. The van der Waals surface area contributed by atoms with Crippen LogP contribution in [0.2, 0.25) is 0 Å². The van der Waals surface area contributed by atoms with E-state index in [4.69, 9.17) is 15.2 Å². The summed E-state index contributed by atoms with van der Waals surface area (Å²) in [5.41, 5.74) is 6.17. The summed E-state index contributed by atoms with van der Waals surface area (Å²) in [6.07, 6.45) is -0.243. The number of benzene rings is 1. The second-order valence-corrected chi connectivity index (χ2v) is 8.04. The molecule has 0 unspecified atom stereocenters. The van der Waals surface area contributed by atoms with Crippen LogP contribution in [0.1, 0.15) is 41.5 Å². The van der Waals surface area contributed by atoms with Gasteiger partial charge >= 0.3 is 12.2 Å². The first-order chi connectivity index (χ1) is 12.4. The lowest BCUT2D eigenvalue weighted by molar-refractivity contribution is 0.0427. The molecule has 27 heavy (non-hydrogen) atoms. The SMILES string of the molecule is CC(C)(C)OC(=O)N(C(=O)OC(C)(C)C)c1ncc(-c2ccc(N)cc2)[nH]1. The van der Waals surface area contributed by atoms with Gasteiger partial charge in [0.15, 0.2) is 0 Å². The van der Waals surface area contributed by atoms with Crippen LogP contribution in [0.25, 0.3) is 11.3 Å². The number of carbonyl (C=O) groups excluding carboxylic acids is 2. The number of ether oxygens (including phenoxy) is 2. The highest BCUT2D eigenvalue weighted by molar-refractivity contribution is 6.08. The summed E-state index contributed by atoms with van der Waals surface area (Å²) in [6, 6.07) is 7.10. The molecule has 1 aromatic carbocycles. The second kappa shape index (κ2) is 7.30. The number of aromatic nitrogens is 2. The van der Waals surface area contributed by atoms with Crippen LogP contribution in [0, 0.1) is 0 Å². The number of nitrogen functional groups attached to an aromatic ring is 1. The normalized spacial score (nSPS) is 11.8. The van der Waals surface area contributed by atoms with Crippen LogP contribution in [0.15, 0.2) is 30.5 Å². The Morgan fingerprint density at radius 1 is 0.963 bits per heavy atom. The van der Waals surface area contributed by atoms with Crippen molar-refractivity contribution in [1.82, 2.24) is 9.97 Å². The minimum absolute atomic E-state index is 0.00493. The van der Waals surface area contributed by atoms with E-state index in [1.54, 1.807) is 65.8 Å². The van der Waals surface area contributed by atoms with E-state index in [1.165, 1.54) is 6.20 Å². The average molecular weight is 374 g/mol. The Morgan fingerprint density at radius 2 is 1.44 bits per heavy atom. The van der Waals surface area contributed by atoms with Crippen molar-refractivity contribution in [1.29, 1.82) is 0 Å². The number of aromatic amines is 1. The van der Waals surface area contributed by atoms with Crippen molar-refractivity contribution in [2.45, 2.75) is 52.7 Å². The van der Waals surface area contributed by atoms with Crippen molar-refractivity contribution in [2.24, 2.45) is 0 Å². The quantitative estimate of drug-likeness (QED) is 0.757. The molecule has 0 saturated heterocycles. The van der Waals surface area contributed by atoms with Gasteiger partial charge in [-0.1, -0.05) is 12.1 Å². The van der Waals surface area contributed by atoms with Crippen LogP contribution in [0.5, 0.6) is 0 Å². The zero-order valence-corrected chi connectivity index (χ0v) is 16.5. The van der Waals surface area contributed by atoms with Gasteiger partial charge in [0.2, 0.25) is 5.95 Å². The minimum atomic E-state index is -0.880. The Bertz CT molecular complexity index is 785. The van der Waals surface area contributed by atoms with E-state index in [0.717, 1.165) is 10.5 Å². The fourth-order valence-corrected chi connectivity index (χ4v) is 2.10. The summed E-state index contributed by atoms with van der Waals surface area (Å²) in [5.74, 6) is 0.00493. The summed E-state index contributed by atoms with van der Waals surface area (Å²) in [6.45, 7) is 10.3. The van der Waals surface area contributed by atoms with Gasteiger partial charge in [0.25, 0.3) is 0 Å². The molecule has 0 aliphatic heterocycles. The fraction of sp³-hybridized carbons (Fsp3) is 0.421. The van der Waals surface area contributed by atoms with Crippen molar-refractivity contribution in [2.75, 3.05) is 10.6 Å². The molecule has 0 bridgehead atoms. The maximum Gasteiger partial charge on any atom is 0.427 e. The first-order valence-corrected chi connectivity index (χ1v) is 8.53. The molecule has 1 aromatic heterocycles. The maximum absolute atomic E-state index is 12.6. The van der Waals surface area contributed by atoms with Crippen LogP contribution >= 0.6 is 0 Å². The number of nitrogens with zero attached hydrogens (tertiary/aromatic N) is 2. The topological polar surface area (TPSA) is 111 Å². The molecule has 8 nitrogen and oxygen atoms in total. The highest BCUT2D eigenvalue weighted by Crippen LogP contribution is 2.24. The van der Waals surface area contributed by atoms with Gasteiger partial charge in [-0.25, -0.2) is 14.6 Å². The Balaban J connectivity index is 2.37. The number of nitrogens with one attached hydrogen (secondary N) is 1. The molecule has 0 radical (unpaired) electrons. The summed E-state index contributed by atoms with van der Waals surface area (Å²) in [5, 5.41) is 0. The molecule has 0 aliphatic rings. The van der Waals surface area contributed by atoms with Gasteiger partial charge in [-0.05, 0) is 59.2 Å². The van der Waals surface area contributed by atoms with Gasteiger partial charge in [0.05, 0.1) is 11.9 Å². The zero-order chi connectivity index (χ0) is 20.4. The second-order valence-electron chi connectivity index (χ2n) is 8.04. The van der Waals surface area contributed by atoms with E-state index >= 15 is 0 Å². The number of nitrogens with two attached hydrogens (primary N) is 1. The smallest absolute Gasteiger partial charge is 0.427 e. The zero-order valence-electron chi connectivity index (χ0n) is 16.5. The Labute approximate surface area is 158 Å². The molecule has 2 amide bonds. The molecule has 0 spiro atoms. The molecular weight excluding hydrogens is 348 g/mol. The average Bonchev–Trinajstić information content (AvgIpc) is 2.93. The van der Waals surface area contributed by atoms with Crippen LogP contribution < -0.4 is 10.6 Å². The van der Waals surface area contributed by atoms with Crippen LogP contribution in [0.3, 0.4) is 0 Å². The molecule has 0 aliphatic carbocycles. The third-order valence-electron chi connectivity index (χ3n) is 3.15. The lowest BCUT2D eigenvalue weighted by atomic mass is 10.1. The highest BCUT2D eigenvalue weighted by Gasteiger charge is 2.34. The van der Waals surface area contributed by atoms with Gasteiger partial charge < -0.3 is 20.2 Å². The van der Waals surface area contributed by atoms with Gasteiger partial charge in [0, 0.05) is 5.69 Å². The lowest BCUT2D eigenvalue weighted by Gasteiger charge is -2.27. The molecule has 146 valence electrons. The summed E-state index contributed by atoms with van der Waals surface area (Å²) >= 11 is 0. The van der Waals surface area contributed by atoms with E-state index < -0.39 is 23.4 Å². The molecule has 3 N–H and O–H groups in total. The maximum atomic E-state index is 12.6. The number of rotatable bonds is 2. The number of hydrogen-bond donors (Lipinski definition) is 2. The first kappa shape index (κ1) is 20.3. The van der Waals surface area contributed by atoms with Gasteiger partial charge in [-0.3, -0.25) is 0 Å². The Morgan fingerprint density at radius 3 is 1.89 bits per heavy atom. The Kier molecular flexibility index (Phi) is 5.48. The van der Waals surface area contributed by atoms with Crippen molar-refractivity contribution >= 4 is 23.8 Å². The number of hydrogen-bond acceptors (Lipinski definition) is 6. The summed E-state index contributed by atoms with van der Waals surface area (Å²) < 4.78 is 10.7. The van der Waals surface area contributed by atoms with Crippen LogP contribution in [-0.4, -0.2) is 33.4 Å². The molecule has 0 saturated carbocycles. The van der Waals surface area contributed by atoms with Crippen molar-refractivity contribution < 1.29 is 19.1 Å². The number of anilines is 2. The number of amides is 2. The van der Waals surface area contributed by atoms with Gasteiger partial charge in [-0.15, -0.1) is 4.90 Å².